The minimum absolute atomic E-state index is 0.00165. The Morgan fingerprint density at radius 1 is 1.08 bits per heavy atom. The quantitative estimate of drug-likeness (QED) is 0.326. The molecule has 1 aliphatic heterocycles. The molecule has 38 heavy (non-hydrogen) atoms. The van der Waals surface area contributed by atoms with E-state index in [-0.39, 0.29) is 44.5 Å². The Morgan fingerprint density at radius 3 is 2.47 bits per heavy atom. The number of halogens is 2. The molecule has 0 unspecified atom stereocenters. The van der Waals surface area contributed by atoms with Gasteiger partial charge in [-0.15, -0.1) is 0 Å². The summed E-state index contributed by atoms with van der Waals surface area (Å²) < 4.78 is 66.5. The Kier molecular flexibility index (Phi) is 6.21. The lowest BCUT2D eigenvalue weighted by Crippen LogP contribution is -2.27. The molecule has 0 amide bonds. The third kappa shape index (κ3) is 4.85. The molecule has 5 rings (SSSR count). The second-order valence-electron chi connectivity index (χ2n) is 8.69. The number of anilines is 2. The Balaban J connectivity index is 1.70. The number of hydrogen-bond acceptors (Lipinski definition) is 7. The first kappa shape index (κ1) is 25.8. The molecule has 3 aromatic carbocycles. The van der Waals surface area contributed by atoms with Crippen LogP contribution in [0.25, 0.3) is 16.6 Å². The van der Waals surface area contributed by atoms with Crippen molar-refractivity contribution in [3.05, 3.63) is 98.4 Å². The Labute approximate surface area is 221 Å². The van der Waals surface area contributed by atoms with Crippen LogP contribution in [0.1, 0.15) is 11.1 Å². The van der Waals surface area contributed by atoms with Gasteiger partial charge in [-0.3, -0.25) is 9.52 Å². The molecule has 0 aliphatic carbocycles. The van der Waals surface area contributed by atoms with E-state index in [2.05, 4.69) is 10.0 Å². The highest BCUT2D eigenvalue weighted by Gasteiger charge is 2.29. The number of sulfone groups is 1. The standard InChI is InChI=1S/C25H19ClFN3O6S2/c1-37(33,34)29-17-7-8-19-22(11-17)38(35,36)13-20(28-19)23-24(31)18-10-15(26)4-9-21(18)30(25(23)32)12-14-2-5-16(27)6-3-14/h2-11,13,28-29,31H,12H2,1H3. The van der Waals surface area contributed by atoms with Crippen molar-refractivity contribution in [3.8, 4) is 5.75 Å². The van der Waals surface area contributed by atoms with Gasteiger partial charge in [-0.2, -0.15) is 0 Å². The van der Waals surface area contributed by atoms with Crippen molar-refractivity contribution in [1.82, 2.24) is 4.57 Å². The fourth-order valence-corrected chi connectivity index (χ4v) is 6.30. The maximum Gasteiger partial charge on any atom is 0.264 e. The molecule has 13 heteroatoms. The highest BCUT2D eigenvalue weighted by atomic mass is 35.5. The molecule has 0 bridgehead atoms. The summed E-state index contributed by atoms with van der Waals surface area (Å²) in [5.41, 5.74) is -0.144. The van der Waals surface area contributed by atoms with Gasteiger partial charge in [-0.05, 0) is 54.1 Å². The SMILES string of the molecule is CS(=O)(=O)Nc1ccc2c(c1)S(=O)(=O)C=C(c1c(O)c3cc(Cl)ccc3n(Cc3ccc(F)cc3)c1=O)N2. The predicted octanol–water partition coefficient (Wildman–Crippen LogP) is 4.12. The Bertz CT molecular complexity index is 1940. The molecule has 0 saturated heterocycles. The molecule has 196 valence electrons. The van der Waals surface area contributed by atoms with Crippen molar-refractivity contribution in [2.45, 2.75) is 11.4 Å². The third-order valence-corrected chi connectivity index (χ3v) is 8.20. The number of nitrogens with zero attached hydrogens (tertiary/aromatic N) is 1. The van der Waals surface area contributed by atoms with Gasteiger partial charge in [-0.1, -0.05) is 23.7 Å². The number of aromatic nitrogens is 1. The van der Waals surface area contributed by atoms with Gasteiger partial charge >= 0.3 is 0 Å². The van der Waals surface area contributed by atoms with Crippen molar-refractivity contribution < 1.29 is 26.3 Å². The van der Waals surface area contributed by atoms with Crippen LogP contribution in [-0.2, 0) is 26.4 Å². The van der Waals surface area contributed by atoms with Crippen LogP contribution in [0.15, 0.2) is 75.8 Å². The van der Waals surface area contributed by atoms with Crippen LogP contribution >= 0.6 is 11.6 Å². The van der Waals surface area contributed by atoms with E-state index in [1.165, 1.54) is 47.0 Å². The average molecular weight is 576 g/mol. The molecule has 0 atom stereocenters. The van der Waals surface area contributed by atoms with E-state index in [0.717, 1.165) is 17.7 Å². The molecule has 0 spiro atoms. The monoisotopic (exact) mass is 575 g/mol. The van der Waals surface area contributed by atoms with E-state index >= 15 is 0 Å². The van der Waals surface area contributed by atoms with Gasteiger partial charge in [0.2, 0.25) is 19.9 Å². The fourth-order valence-electron chi connectivity index (χ4n) is 4.24. The van der Waals surface area contributed by atoms with Crippen LogP contribution in [0.4, 0.5) is 15.8 Å². The third-order valence-electron chi connectivity index (χ3n) is 5.86. The molecule has 0 radical (unpaired) electrons. The average Bonchev–Trinajstić information content (AvgIpc) is 2.82. The molecule has 9 nitrogen and oxygen atoms in total. The zero-order valence-electron chi connectivity index (χ0n) is 19.6. The van der Waals surface area contributed by atoms with Gasteiger partial charge in [0.15, 0.2) is 0 Å². The van der Waals surface area contributed by atoms with E-state index in [4.69, 9.17) is 11.6 Å². The van der Waals surface area contributed by atoms with Crippen LogP contribution in [0.5, 0.6) is 5.75 Å². The van der Waals surface area contributed by atoms with E-state index in [9.17, 15) is 31.1 Å². The van der Waals surface area contributed by atoms with Crippen LogP contribution in [-0.4, -0.2) is 32.8 Å². The first-order valence-electron chi connectivity index (χ1n) is 11.0. The number of hydrogen-bond donors (Lipinski definition) is 3. The number of pyridine rings is 1. The lowest BCUT2D eigenvalue weighted by molar-refractivity contribution is 0.477. The molecule has 1 aromatic heterocycles. The maximum absolute atomic E-state index is 13.7. The molecule has 3 N–H and O–H groups in total. The molecule has 2 heterocycles. The summed E-state index contributed by atoms with van der Waals surface area (Å²) in [6.45, 7) is 0.00165. The molecule has 1 aliphatic rings. The van der Waals surface area contributed by atoms with Crippen LogP contribution < -0.4 is 15.6 Å². The number of sulfonamides is 1. The van der Waals surface area contributed by atoms with Gasteiger partial charge in [0.25, 0.3) is 5.56 Å². The fraction of sp³-hybridized carbons (Fsp3) is 0.0800. The summed E-state index contributed by atoms with van der Waals surface area (Å²) in [7, 11) is -7.83. The molecular formula is C25H19ClFN3O6S2. The lowest BCUT2D eigenvalue weighted by Gasteiger charge is -2.22. The summed E-state index contributed by atoms with van der Waals surface area (Å²) >= 11 is 6.16. The molecule has 0 fully saturated rings. The van der Waals surface area contributed by atoms with Crippen molar-refractivity contribution >= 4 is 59.4 Å². The van der Waals surface area contributed by atoms with Crippen molar-refractivity contribution in [2.75, 3.05) is 16.3 Å². The summed E-state index contributed by atoms with van der Waals surface area (Å²) in [6, 6.07) is 13.9. The van der Waals surface area contributed by atoms with Gasteiger partial charge < -0.3 is 15.0 Å². The highest BCUT2D eigenvalue weighted by Crippen LogP contribution is 2.38. The number of nitrogens with one attached hydrogen (secondary N) is 2. The first-order valence-corrected chi connectivity index (χ1v) is 14.8. The summed E-state index contributed by atoms with van der Waals surface area (Å²) in [4.78, 5) is 13.5. The minimum atomic E-state index is -4.18. The van der Waals surface area contributed by atoms with E-state index in [0.29, 0.717) is 11.1 Å². The first-order chi connectivity index (χ1) is 17.8. The topological polar surface area (TPSA) is 135 Å². The molecule has 4 aromatic rings. The summed E-state index contributed by atoms with van der Waals surface area (Å²) in [5, 5.41) is 15.3. The number of benzene rings is 3. The lowest BCUT2D eigenvalue weighted by atomic mass is 10.1. The maximum atomic E-state index is 13.7. The summed E-state index contributed by atoms with van der Waals surface area (Å²) in [5.74, 6) is -0.921. The Morgan fingerprint density at radius 2 is 1.79 bits per heavy atom. The molecular weight excluding hydrogens is 557 g/mol. The van der Waals surface area contributed by atoms with Gasteiger partial charge in [0.1, 0.15) is 17.1 Å². The number of rotatable bonds is 5. The highest BCUT2D eigenvalue weighted by molar-refractivity contribution is 7.94. The van der Waals surface area contributed by atoms with Crippen LogP contribution in [0.2, 0.25) is 5.02 Å². The minimum Gasteiger partial charge on any atom is -0.506 e. The van der Waals surface area contributed by atoms with E-state index < -0.39 is 37.0 Å². The van der Waals surface area contributed by atoms with Gasteiger partial charge in [0.05, 0.1) is 40.0 Å². The van der Waals surface area contributed by atoms with E-state index in [1.54, 1.807) is 12.1 Å². The smallest absolute Gasteiger partial charge is 0.264 e. The second kappa shape index (κ2) is 9.15. The Hall–Kier alpha value is -3.87. The van der Waals surface area contributed by atoms with Crippen molar-refractivity contribution in [3.63, 3.8) is 0 Å². The summed E-state index contributed by atoms with van der Waals surface area (Å²) in [6.07, 6.45) is 0.933. The largest absolute Gasteiger partial charge is 0.506 e. The number of fused-ring (bicyclic) bond motifs is 2. The molecule has 0 saturated carbocycles. The van der Waals surface area contributed by atoms with Crippen molar-refractivity contribution in [2.24, 2.45) is 0 Å². The second-order valence-corrected chi connectivity index (χ2v) is 12.6. The normalized spacial score (nSPS) is 14.4. The van der Waals surface area contributed by atoms with Crippen LogP contribution in [0, 0.1) is 5.82 Å². The zero-order valence-corrected chi connectivity index (χ0v) is 22.0. The van der Waals surface area contributed by atoms with Gasteiger partial charge in [0, 0.05) is 16.1 Å². The van der Waals surface area contributed by atoms with Crippen LogP contribution in [0.3, 0.4) is 0 Å². The number of aromatic hydroxyl groups is 1. The van der Waals surface area contributed by atoms with E-state index in [1.807, 2.05) is 0 Å². The predicted molar refractivity (Wildman–Crippen MR) is 144 cm³/mol. The van der Waals surface area contributed by atoms with Crippen molar-refractivity contribution in [1.29, 1.82) is 0 Å². The zero-order chi connectivity index (χ0) is 27.4. The van der Waals surface area contributed by atoms with Gasteiger partial charge in [-0.25, -0.2) is 21.2 Å².